The second-order valence-electron chi connectivity index (χ2n) is 6.74. The van der Waals surface area contributed by atoms with Gasteiger partial charge in [-0.2, -0.15) is 5.10 Å². The fourth-order valence-electron chi connectivity index (χ4n) is 2.65. The molecule has 3 rings (SSSR count). The lowest BCUT2D eigenvalue weighted by atomic mass is 10.2. The van der Waals surface area contributed by atoms with Gasteiger partial charge in [0.05, 0.1) is 6.21 Å². The number of carbonyl (C=O) groups excluding carboxylic acids is 2. The van der Waals surface area contributed by atoms with Crippen LogP contribution in [0.4, 0.5) is 5.69 Å². The van der Waals surface area contributed by atoms with Crippen LogP contribution in [0.1, 0.15) is 18.1 Å². The van der Waals surface area contributed by atoms with Crippen molar-refractivity contribution in [3.8, 4) is 11.5 Å². The van der Waals surface area contributed by atoms with Crippen molar-refractivity contribution < 1.29 is 19.1 Å². The fourth-order valence-corrected chi connectivity index (χ4v) is 2.78. The summed E-state index contributed by atoms with van der Waals surface area (Å²) in [5, 5.41) is 7.30. The third-order valence-electron chi connectivity index (χ3n) is 4.16. The van der Waals surface area contributed by atoms with Gasteiger partial charge in [-0.15, -0.1) is 0 Å². The molecule has 0 bridgehead atoms. The van der Waals surface area contributed by atoms with Crippen molar-refractivity contribution in [2.24, 2.45) is 5.10 Å². The van der Waals surface area contributed by atoms with Gasteiger partial charge in [0.15, 0.2) is 6.61 Å². The number of rotatable bonds is 9. The van der Waals surface area contributed by atoms with Gasteiger partial charge in [0, 0.05) is 23.2 Å². The van der Waals surface area contributed by atoms with Crippen LogP contribution < -0.4 is 20.2 Å². The molecular formula is C24H22ClN3O4. The summed E-state index contributed by atoms with van der Waals surface area (Å²) < 4.78 is 11.3. The molecule has 3 aromatic rings. The van der Waals surface area contributed by atoms with Gasteiger partial charge < -0.3 is 14.8 Å². The smallest absolute Gasteiger partial charge is 0.277 e. The van der Waals surface area contributed by atoms with Gasteiger partial charge in [-0.25, -0.2) is 5.43 Å². The third-order valence-corrected chi connectivity index (χ3v) is 4.42. The number of nitrogens with zero attached hydrogens (tertiary/aromatic N) is 1. The van der Waals surface area contributed by atoms with Gasteiger partial charge in [0.2, 0.25) is 5.91 Å². The van der Waals surface area contributed by atoms with Crippen LogP contribution in [-0.4, -0.2) is 24.6 Å². The standard InChI is InChI=1S/C24H22ClN3O4/c1-17(29)27-21-10-12-22(13-11-21)31-16-24(30)28-26-14-19-4-2-3-5-23(19)32-15-18-6-8-20(25)9-7-18/h2-14H,15-16H2,1H3,(H,27,29)(H,28,30). The summed E-state index contributed by atoms with van der Waals surface area (Å²) in [5.74, 6) is 0.565. The molecular weight excluding hydrogens is 430 g/mol. The highest BCUT2D eigenvalue weighted by Crippen LogP contribution is 2.19. The van der Waals surface area contributed by atoms with Gasteiger partial charge in [-0.05, 0) is 54.1 Å². The Morgan fingerprint density at radius 1 is 0.969 bits per heavy atom. The van der Waals surface area contributed by atoms with Gasteiger partial charge in [-0.1, -0.05) is 35.9 Å². The lowest BCUT2D eigenvalue weighted by molar-refractivity contribution is -0.123. The van der Waals surface area contributed by atoms with Gasteiger partial charge in [0.1, 0.15) is 18.1 Å². The first-order valence-corrected chi connectivity index (χ1v) is 10.2. The van der Waals surface area contributed by atoms with E-state index in [9.17, 15) is 9.59 Å². The molecule has 0 heterocycles. The van der Waals surface area contributed by atoms with E-state index in [0.29, 0.717) is 28.8 Å². The second kappa shape index (κ2) is 11.5. The summed E-state index contributed by atoms with van der Waals surface area (Å²) in [7, 11) is 0. The largest absolute Gasteiger partial charge is 0.488 e. The van der Waals surface area contributed by atoms with Crippen molar-refractivity contribution in [3.63, 3.8) is 0 Å². The maximum atomic E-state index is 12.0. The maximum absolute atomic E-state index is 12.0. The summed E-state index contributed by atoms with van der Waals surface area (Å²) in [6, 6.07) is 21.5. The van der Waals surface area contributed by atoms with E-state index >= 15 is 0 Å². The van der Waals surface area contributed by atoms with E-state index in [2.05, 4.69) is 15.8 Å². The molecule has 0 saturated heterocycles. The number of amides is 2. The monoisotopic (exact) mass is 451 g/mol. The lowest BCUT2D eigenvalue weighted by Gasteiger charge is -2.09. The zero-order valence-corrected chi connectivity index (χ0v) is 18.1. The Bertz CT molecular complexity index is 1080. The number of benzene rings is 3. The topological polar surface area (TPSA) is 89.0 Å². The molecule has 0 atom stereocenters. The summed E-state index contributed by atoms with van der Waals surface area (Å²) in [6.45, 7) is 1.61. The zero-order chi connectivity index (χ0) is 22.8. The molecule has 0 fully saturated rings. The van der Waals surface area contributed by atoms with E-state index in [1.165, 1.54) is 13.1 Å². The minimum absolute atomic E-state index is 0.159. The Balaban J connectivity index is 1.48. The molecule has 164 valence electrons. The van der Waals surface area contributed by atoms with Crippen LogP contribution in [0.3, 0.4) is 0 Å². The first-order valence-electron chi connectivity index (χ1n) is 9.78. The SMILES string of the molecule is CC(=O)Nc1ccc(OCC(=O)NN=Cc2ccccc2OCc2ccc(Cl)cc2)cc1. The number of hydrogen-bond donors (Lipinski definition) is 2. The molecule has 2 N–H and O–H groups in total. The number of para-hydroxylation sites is 1. The van der Waals surface area contributed by atoms with E-state index < -0.39 is 5.91 Å². The number of anilines is 1. The summed E-state index contributed by atoms with van der Waals surface area (Å²) in [6.07, 6.45) is 1.51. The maximum Gasteiger partial charge on any atom is 0.277 e. The molecule has 0 aliphatic carbocycles. The van der Waals surface area contributed by atoms with Gasteiger partial charge in [-0.3, -0.25) is 9.59 Å². The summed E-state index contributed by atoms with van der Waals surface area (Å²) in [4.78, 5) is 23.0. The Morgan fingerprint density at radius 3 is 2.41 bits per heavy atom. The van der Waals surface area contributed by atoms with Crippen LogP contribution in [0.25, 0.3) is 0 Å². The molecule has 8 heteroatoms. The number of halogens is 1. The minimum atomic E-state index is -0.410. The van der Waals surface area contributed by atoms with Gasteiger partial charge in [0.25, 0.3) is 5.91 Å². The van der Waals surface area contributed by atoms with Crippen LogP contribution in [0.2, 0.25) is 5.02 Å². The number of ether oxygens (including phenoxy) is 2. The highest BCUT2D eigenvalue weighted by molar-refractivity contribution is 6.30. The van der Waals surface area contributed by atoms with Crippen LogP contribution in [0.15, 0.2) is 77.9 Å². The molecule has 0 aliphatic rings. The quantitative estimate of drug-likeness (QED) is 0.372. The molecule has 0 aromatic heterocycles. The first kappa shape index (κ1) is 22.8. The highest BCUT2D eigenvalue weighted by atomic mass is 35.5. The Labute approximate surface area is 191 Å². The van der Waals surface area contributed by atoms with Crippen LogP contribution in [0, 0.1) is 0 Å². The summed E-state index contributed by atoms with van der Waals surface area (Å²) in [5.41, 5.74) is 4.78. The van der Waals surface area contributed by atoms with E-state index in [4.69, 9.17) is 21.1 Å². The molecule has 0 aliphatic heterocycles. The molecule has 0 radical (unpaired) electrons. The number of hydrazone groups is 1. The van der Waals surface area contributed by atoms with Crippen molar-refractivity contribution in [2.45, 2.75) is 13.5 Å². The van der Waals surface area contributed by atoms with E-state index in [1.807, 2.05) is 48.5 Å². The average Bonchev–Trinajstić information content (AvgIpc) is 2.79. The predicted molar refractivity (Wildman–Crippen MR) is 124 cm³/mol. The molecule has 2 amide bonds. The Kier molecular flexibility index (Phi) is 8.22. The van der Waals surface area contributed by atoms with Crippen molar-refractivity contribution in [1.29, 1.82) is 0 Å². The predicted octanol–water partition coefficient (Wildman–Crippen LogP) is 4.41. The van der Waals surface area contributed by atoms with Crippen molar-refractivity contribution >= 4 is 35.3 Å². The summed E-state index contributed by atoms with van der Waals surface area (Å²) >= 11 is 5.90. The van der Waals surface area contributed by atoms with E-state index in [1.54, 1.807) is 24.3 Å². The lowest BCUT2D eigenvalue weighted by Crippen LogP contribution is -2.24. The molecule has 0 spiro atoms. The van der Waals surface area contributed by atoms with Gasteiger partial charge >= 0.3 is 0 Å². The van der Waals surface area contributed by atoms with Crippen molar-refractivity contribution in [2.75, 3.05) is 11.9 Å². The average molecular weight is 452 g/mol. The first-order chi connectivity index (χ1) is 15.5. The van der Waals surface area contributed by atoms with Crippen molar-refractivity contribution in [1.82, 2.24) is 5.43 Å². The molecule has 32 heavy (non-hydrogen) atoms. The normalized spacial score (nSPS) is 10.6. The Hall–Kier alpha value is -3.84. The number of carbonyl (C=O) groups is 2. The minimum Gasteiger partial charge on any atom is -0.488 e. The molecule has 7 nitrogen and oxygen atoms in total. The third kappa shape index (κ3) is 7.45. The van der Waals surface area contributed by atoms with Crippen LogP contribution in [0.5, 0.6) is 11.5 Å². The Morgan fingerprint density at radius 2 is 1.69 bits per heavy atom. The van der Waals surface area contributed by atoms with Crippen LogP contribution >= 0.6 is 11.6 Å². The highest BCUT2D eigenvalue weighted by Gasteiger charge is 2.04. The number of hydrogen-bond acceptors (Lipinski definition) is 5. The molecule has 0 unspecified atom stereocenters. The molecule has 3 aromatic carbocycles. The fraction of sp³-hybridized carbons (Fsp3) is 0.125. The molecule has 0 saturated carbocycles. The zero-order valence-electron chi connectivity index (χ0n) is 17.4. The van der Waals surface area contributed by atoms with Crippen LogP contribution in [-0.2, 0) is 16.2 Å². The van der Waals surface area contributed by atoms with Crippen molar-refractivity contribution in [3.05, 3.63) is 88.9 Å². The second-order valence-corrected chi connectivity index (χ2v) is 7.18. The van der Waals surface area contributed by atoms with E-state index in [0.717, 1.165) is 11.1 Å². The number of nitrogens with one attached hydrogen (secondary N) is 2. The van der Waals surface area contributed by atoms with E-state index in [-0.39, 0.29) is 12.5 Å².